The Hall–Kier alpha value is -0.890. The first-order valence-electron chi connectivity index (χ1n) is 34.4. The van der Waals surface area contributed by atoms with Crippen LogP contribution >= 0.6 is 0 Å². The highest BCUT2D eigenvalue weighted by Crippen LogP contribution is 2.24. The first-order valence-corrected chi connectivity index (χ1v) is 34.4. The Morgan fingerprint density at radius 2 is 0.667 bits per heavy atom. The molecular formula is C67H133NO10. The summed E-state index contributed by atoms with van der Waals surface area (Å²) in [5.41, 5.74) is 0. The van der Waals surface area contributed by atoms with Gasteiger partial charge >= 0.3 is 0 Å². The molecule has 0 aromatic rings. The molecule has 0 aliphatic carbocycles. The minimum absolute atomic E-state index is 0.268. The van der Waals surface area contributed by atoms with E-state index in [2.05, 4.69) is 19.2 Å². The number of hydrogen-bond donors (Lipinski definition) is 8. The van der Waals surface area contributed by atoms with Crippen LogP contribution in [0.5, 0.6) is 0 Å². The Labute approximate surface area is 481 Å². The number of ether oxygens (including phenoxy) is 2. The van der Waals surface area contributed by atoms with Crippen LogP contribution in [0.1, 0.15) is 354 Å². The highest BCUT2D eigenvalue weighted by molar-refractivity contribution is 5.80. The van der Waals surface area contributed by atoms with E-state index in [0.717, 1.165) is 38.5 Å². The topological polar surface area (TPSA) is 189 Å². The number of nitrogens with one attached hydrogen (secondary N) is 1. The van der Waals surface area contributed by atoms with Crippen molar-refractivity contribution in [2.24, 2.45) is 0 Å². The molecule has 0 spiro atoms. The second-order valence-electron chi connectivity index (χ2n) is 24.6. The molecule has 9 unspecified atom stereocenters. The molecule has 1 saturated heterocycles. The van der Waals surface area contributed by atoms with Crippen LogP contribution in [0.3, 0.4) is 0 Å². The number of carbonyl (C=O) groups excluding carboxylic acids is 1. The van der Waals surface area contributed by atoms with Gasteiger partial charge in [0, 0.05) is 0 Å². The molecule has 78 heavy (non-hydrogen) atoms. The highest BCUT2D eigenvalue weighted by Gasteiger charge is 2.44. The molecule has 0 aromatic heterocycles. The van der Waals surface area contributed by atoms with E-state index < -0.39 is 74.2 Å². The Morgan fingerprint density at radius 1 is 0.397 bits per heavy atom. The van der Waals surface area contributed by atoms with E-state index in [1.807, 2.05) is 0 Å². The van der Waals surface area contributed by atoms with Gasteiger partial charge < -0.3 is 50.5 Å². The Balaban J connectivity index is 2.20. The summed E-state index contributed by atoms with van der Waals surface area (Å²) < 4.78 is 11.2. The van der Waals surface area contributed by atoms with Gasteiger partial charge in [-0.05, 0) is 12.8 Å². The fourth-order valence-corrected chi connectivity index (χ4v) is 11.6. The quantitative estimate of drug-likeness (QED) is 0.0272. The number of aliphatic hydroxyl groups is 7. The van der Waals surface area contributed by atoms with Crippen molar-refractivity contribution in [1.29, 1.82) is 0 Å². The summed E-state index contributed by atoms with van der Waals surface area (Å²) in [6.07, 6.45) is 56.0. The van der Waals surface area contributed by atoms with Crippen molar-refractivity contribution in [1.82, 2.24) is 5.32 Å². The summed E-state index contributed by atoms with van der Waals surface area (Å²) in [6.45, 7) is 3.53. The first kappa shape index (κ1) is 75.1. The molecule has 0 radical (unpaired) electrons. The first-order chi connectivity index (χ1) is 38.2. The van der Waals surface area contributed by atoms with E-state index in [0.29, 0.717) is 19.3 Å². The maximum atomic E-state index is 13.2. The van der Waals surface area contributed by atoms with Gasteiger partial charge in [-0.3, -0.25) is 4.79 Å². The molecule has 1 fully saturated rings. The molecule has 1 amide bonds. The van der Waals surface area contributed by atoms with Gasteiger partial charge in [0.1, 0.15) is 36.6 Å². The van der Waals surface area contributed by atoms with Gasteiger partial charge in [0.2, 0.25) is 5.91 Å². The minimum atomic E-state index is -1.66. The normalized spacial score (nSPS) is 19.3. The smallest absolute Gasteiger partial charge is 0.249 e. The van der Waals surface area contributed by atoms with Gasteiger partial charge in [0.05, 0.1) is 25.4 Å². The van der Waals surface area contributed by atoms with Crippen LogP contribution in [0.2, 0.25) is 0 Å². The molecule has 9 atom stereocenters. The van der Waals surface area contributed by atoms with Crippen molar-refractivity contribution < 1.29 is 50.0 Å². The van der Waals surface area contributed by atoms with Gasteiger partial charge in [-0.2, -0.15) is 0 Å². The predicted molar refractivity (Wildman–Crippen MR) is 326 cm³/mol. The van der Waals surface area contributed by atoms with Crippen LogP contribution in [-0.4, -0.2) is 110 Å². The van der Waals surface area contributed by atoms with Gasteiger partial charge in [0.15, 0.2) is 6.29 Å². The van der Waals surface area contributed by atoms with Crippen molar-refractivity contribution in [3.63, 3.8) is 0 Å². The Kier molecular flexibility index (Phi) is 54.5. The van der Waals surface area contributed by atoms with Gasteiger partial charge in [-0.15, -0.1) is 0 Å². The maximum absolute atomic E-state index is 13.2. The standard InChI is InChI=1S/C67H133NO10/c1-3-5-7-9-11-13-15-17-19-21-23-25-27-29-30-31-33-35-37-39-41-43-45-47-49-51-53-55-60(71)66(76)68-58(57-77-67-65(75)64(74)63(73)61(56-69)78-67)62(72)59(70)54-52-50-48-46-44-42-40-38-36-34-32-28-26-24-22-20-18-16-14-12-10-8-6-4-2/h58-65,67,69-75H,3-57H2,1-2H3,(H,68,76). The monoisotopic (exact) mass is 1110 g/mol. The lowest BCUT2D eigenvalue weighted by Crippen LogP contribution is -2.60. The largest absolute Gasteiger partial charge is 0.394 e. The van der Waals surface area contributed by atoms with Crippen LogP contribution in [0.25, 0.3) is 0 Å². The number of unbranched alkanes of at least 4 members (excludes halogenated alkanes) is 49. The molecular weight excluding hydrogens is 979 g/mol. The van der Waals surface area contributed by atoms with Crippen molar-refractivity contribution >= 4 is 5.91 Å². The van der Waals surface area contributed by atoms with E-state index >= 15 is 0 Å². The molecule has 0 aromatic carbocycles. The zero-order valence-electron chi connectivity index (χ0n) is 51.4. The summed E-state index contributed by atoms with van der Waals surface area (Å²) in [5, 5.41) is 76.5. The number of hydrogen-bond acceptors (Lipinski definition) is 10. The molecule has 466 valence electrons. The SMILES string of the molecule is CCCCCCCCCCCCCCCCCCCCCCCCCCCCCC(O)C(=O)NC(COC1OC(CO)C(O)C(O)C1O)C(O)C(O)CCCCCCCCCCCCCCCCCCCCCCCCCC. The summed E-state index contributed by atoms with van der Waals surface area (Å²) >= 11 is 0. The average molecular weight is 1110 g/mol. The van der Waals surface area contributed by atoms with Gasteiger partial charge in [-0.25, -0.2) is 0 Å². The highest BCUT2D eigenvalue weighted by atomic mass is 16.7. The molecule has 1 aliphatic rings. The second kappa shape index (κ2) is 56.6. The number of rotatable bonds is 61. The van der Waals surface area contributed by atoms with Crippen LogP contribution in [0.15, 0.2) is 0 Å². The van der Waals surface area contributed by atoms with Crippen LogP contribution in [0, 0.1) is 0 Å². The molecule has 8 N–H and O–H groups in total. The molecule has 0 bridgehead atoms. The summed E-state index contributed by atoms with van der Waals surface area (Å²) in [4.78, 5) is 13.2. The molecule has 11 nitrogen and oxygen atoms in total. The Bertz CT molecular complexity index is 1230. The predicted octanol–water partition coefficient (Wildman–Crippen LogP) is 16.1. The third-order valence-electron chi connectivity index (χ3n) is 17.2. The average Bonchev–Trinajstić information content (AvgIpc) is 3.46. The number of amides is 1. The zero-order chi connectivity index (χ0) is 56.8. The third kappa shape index (κ3) is 43.7. The van der Waals surface area contributed by atoms with Crippen molar-refractivity contribution in [2.75, 3.05) is 13.2 Å². The van der Waals surface area contributed by atoms with Gasteiger partial charge in [0.25, 0.3) is 0 Å². The van der Waals surface area contributed by atoms with E-state index in [4.69, 9.17) is 9.47 Å². The Morgan fingerprint density at radius 3 is 0.949 bits per heavy atom. The number of aliphatic hydroxyl groups excluding tert-OH is 7. The minimum Gasteiger partial charge on any atom is -0.394 e. The molecule has 1 heterocycles. The van der Waals surface area contributed by atoms with Crippen molar-refractivity contribution in [3.8, 4) is 0 Å². The summed E-state index contributed by atoms with van der Waals surface area (Å²) in [6, 6.07) is -1.16. The lowest BCUT2D eigenvalue weighted by atomic mass is 9.98. The molecule has 0 saturated carbocycles. The zero-order valence-corrected chi connectivity index (χ0v) is 51.4. The van der Waals surface area contributed by atoms with Crippen LogP contribution in [-0.2, 0) is 14.3 Å². The lowest BCUT2D eigenvalue weighted by Gasteiger charge is -2.40. The van der Waals surface area contributed by atoms with Crippen LogP contribution < -0.4 is 5.32 Å². The van der Waals surface area contributed by atoms with E-state index in [1.165, 1.54) is 276 Å². The van der Waals surface area contributed by atoms with Crippen LogP contribution in [0.4, 0.5) is 0 Å². The fraction of sp³-hybridized carbons (Fsp3) is 0.985. The third-order valence-corrected chi connectivity index (χ3v) is 17.2. The lowest BCUT2D eigenvalue weighted by molar-refractivity contribution is -0.303. The number of carbonyl (C=O) groups is 1. The van der Waals surface area contributed by atoms with E-state index in [9.17, 15) is 40.5 Å². The molecule has 11 heteroatoms. The van der Waals surface area contributed by atoms with Gasteiger partial charge in [-0.1, -0.05) is 341 Å². The van der Waals surface area contributed by atoms with Crippen molar-refractivity contribution in [3.05, 3.63) is 0 Å². The second-order valence-corrected chi connectivity index (χ2v) is 24.6. The maximum Gasteiger partial charge on any atom is 0.249 e. The summed E-state index contributed by atoms with van der Waals surface area (Å²) in [5.74, 6) is -0.687. The van der Waals surface area contributed by atoms with E-state index in [1.54, 1.807) is 0 Å². The molecule has 1 aliphatic heterocycles. The van der Waals surface area contributed by atoms with E-state index in [-0.39, 0.29) is 6.42 Å². The van der Waals surface area contributed by atoms with Crippen molar-refractivity contribution in [2.45, 2.75) is 409 Å². The fourth-order valence-electron chi connectivity index (χ4n) is 11.6. The summed E-state index contributed by atoms with van der Waals surface area (Å²) in [7, 11) is 0. The molecule has 1 rings (SSSR count).